The van der Waals surface area contributed by atoms with Crippen LogP contribution < -0.4 is 9.64 Å². The first-order valence-electron chi connectivity index (χ1n) is 14.6. The van der Waals surface area contributed by atoms with Gasteiger partial charge in [0.15, 0.2) is 5.06 Å². The van der Waals surface area contributed by atoms with Crippen LogP contribution in [0.2, 0.25) is 0 Å². The number of ether oxygens (including phenoxy) is 2. The van der Waals surface area contributed by atoms with E-state index in [9.17, 15) is 14.4 Å². The molecular formula is C33H37N3O5S. The van der Waals surface area contributed by atoms with E-state index in [1.807, 2.05) is 52.7 Å². The van der Waals surface area contributed by atoms with E-state index in [0.717, 1.165) is 0 Å². The Morgan fingerprint density at radius 3 is 2.05 bits per heavy atom. The lowest BCUT2D eigenvalue weighted by Gasteiger charge is -2.27. The molecule has 0 radical (unpaired) electrons. The molecule has 1 aliphatic carbocycles. The molecule has 6 rings (SSSR count). The van der Waals surface area contributed by atoms with Crippen molar-refractivity contribution < 1.29 is 23.9 Å². The van der Waals surface area contributed by atoms with Crippen LogP contribution >= 0.6 is 11.3 Å². The number of morpholine rings is 1. The zero-order chi connectivity index (χ0) is 29.4. The summed E-state index contributed by atoms with van der Waals surface area (Å²) in [7, 11) is 0. The zero-order valence-corrected chi connectivity index (χ0v) is 25.1. The van der Waals surface area contributed by atoms with Gasteiger partial charge in [-0.2, -0.15) is 0 Å². The predicted molar refractivity (Wildman–Crippen MR) is 162 cm³/mol. The second kappa shape index (κ2) is 11.5. The van der Waals surface area contributed by atoms with Gasteiger partial charge in [0.2, 0.25) is 0 Å². The average Bonchev–Trinajstić information content (AvgIpc) is 3.34. The van der Waals surface area contributed by atoms with E-state index in [-0.39, 0.29) is 23.1 Å². The third-order valence-corrected chi connectivity index (χ3v) is 9.42. The first kappa shape index (κ1) is 28.4. The maximum absolute atomic E-state index is 13.4. The molecule has 2 saturated heterocycles. The van der Waals surface area contributed by atoms with E-state index < -0.39 is 6.09 Å². The summed E-state index contributed by atoms with van der Waals surface area (Å²) in [6.07, 6.45) is -0.443. The third-order valence-electron chi connectivity index (χ3n) is 8.68. The number of carbonyl (C=O) groups is 3. The van der Waals surface area contributed by atoms with E-state index in [1.54, 1.807) is 28.0 Å². The Labute approximate surface area is 250 Å². The van der Waals surface area contributed by atoms with Crippen LogP contribution in [0.3, 0.4) is 0 Å². The largest absolute Gasteiger partial charge is 0.420 e. The molecule has 42 heavy (non-hydrogen) atoms. The van der Waals surface area contributed by atoms with Crippen molar-refractivity contribution in [3.05, 3.63) is 82.7 Å². The molecule has 2 aromatic carbocycles. The highest BCUT2D eigenvalue weighted by molar-refractivity contribution is 7.11. The van der Waals surface area contributed by atoms with Gasteiger partial charge in [0, 0.05) is 49.5 Å². The van der Waals surface area contributed by atoms with Crippen molar-refractivity contribution in [1.29, 1.82) is 0 Å². The van der Waals surface area contributed by atoms with Gasteiger partial charge < -0.3 is 19.3 Å². The molecule has 3 fully saturated rings. The van der Waals surface area contributed by atoms with Crippen molar-refractivity contribution in [2.45, 2.75) is 26.2 Å². The highest BCUT2D eigenvalue weighted by Gasteiger charge is 2.57. The normalized spacial score (nSPS) is 21.5. The summed E-state index contributed by atoms with van der Waals surface area (Å²) in [5.74, 6) is 1.01. The quantitative estimate of drug-likeness (QED) is 0.378. The second-order valence-corrected chi connectivity index (χ2v) is 13.3. The van der Waals surface area contributed by atoms with Crippen LogP contribution in [0.15, 0.2) is 66.0 Å². The molecular weight excluding hydrogens is 550 g/mol. The number of benzene rings is 2. The maximum Gasteiger partial charge on any atom is 0.420 e. The van der Waals surface area contributed by atoms with Gasteiger partial charge in [0.1, 0.15) is 0 Å². The van der Waals surface area contributed by atoms with Crippen molar-refractivity contribution in [2.24, 2.45) is 17.8 Å². The summed E-state index contributed by atoms with van der Waals surface area (Å²) in [6, 6.07) is 18.8. The maximum atomic E-state index is 13.4. The van der Waals surface area contributed by atoms with E-state index in [0.29, 0.717) is 79.7 Å². The molecule has 2 unspecified atom stereocenters. The van der Waals surface area contributed by atoms with Gasteiger partial charge in [0.05, 0.1) is 13.2 Å². The lowest BCUT2D eigenvalue weighted by molar-refractivity contribution is 0.0303. The van der Waals surface area contributed by atoms with Crippen LogP contribution in [0.1, 0.15) is 47.1 Å². The number of rotatable bonds is 6. The van der Waals surface area contributed by atoms with Gasteiger partial charge in [-0.05, 0) is 82.6 Å². The minimum absolute atomic E-state index is 0.0351. The lowest BCUT2D eigenvalue weighted by atomic mass is 9.86. The van der Waals surface area contributed by atoms with E-state index in [4.69, 9.17) is 9.47 Å². The Morgan fingerprint density at radius 2 is 1.48 bits per heavy atom. The van der Waals surface area contributed by atoms with Crippen LogP contribution in [-0.2, 0) is 10.2 Å². The molecule has 9 heteroatoms. The molecule has 220 valence electrons. The first-order chi connectivity index (χ1) is 20.2. The second-order valence-electron chi connectivity index (χ2n) is 12.4. The molecule has 8 nitrogen and oxygen atoms in total. The number of fused-ring (bicyclic) bond motifs is 1. The Bertz CT molecular complexity index is 1410. The third kappa shape index (κ3) is 5.94. The number of piperidine rings is 1. The first-order valence-corrected chi connectivity index (χ1v) is 15.5. The Morgan fingerprint density at radius 1 is 0.881 bits per heavy atom. The number of hydrogen-bond acceptors (Lipinski definition) is 6. The summed E-state index contributed by atoms with van der Waals surface area (Å²) in [5.41, 5.74) is 3.23. The fourth-order valence-electron chi connectivity index (χ4n) is 6.07. The summed E-state index contributed by atoms with van der Waals surface area (Å²) in [4.78, 5) is 44.9. The molecule has 3 amide bonds. The lowest BCUT2D eigenvalue weighted by Crippen LogP contribution is -2.40. The Hall–Kier alpha value is -3.69. The molecule has 0 spiro atoms. The van der Waals surface area contributed by atoms with Gasteiger partial charge in [-0.3, -0.25) is 14.5 Å². The van der Waals surface area contributed by atoms with Crippen molar-refractivity contribution in [1.82, 2.24) is 9.80 Å². The fraction of sp³-hybridized carbons (Fsp3) is 0.424. The van der Waals surface area contributed by atoms with Gasteiger partial charge in [-0.15, -0.1) is 11.3 Å². The topological polar surface area (TPSA) is 79.4 Å². The summed E-state index contributed by atoms with van der Waals surface area (Å²) in [5, 5.41) is 2.40. The standard InChI is InChI=1S/C33H37N3O5S/c1-33(2,3)24-10-6-22(7-11-24)31(38)35-19-26-27(20-35)28(26)21-36(32(39)41-29-5-4-18-42-29)25-12-8-23(9-13-25)30(37)34-14-16-40-17-15-34/h4-13,18,26-28H,14-17,19-21H2,1-3H3. The number of hydrogen-bond donors (Lipinski definition) is 0. The molecule has 1 aromatic heterocycles. The van der Waals surface area contributed by atoms with Crippen LogP contribution in [0.4, 0.5) is 10.5 Å². The highest BCUT2D eigenvalue weighted by Crippen LogP contribution is 2.52. The van der Waals surface area contributed by atoms with Gasteiger partial charge in [0.25, 0.3) is 11.8 Å². The monoisotopic (exact) mass is 587 g/mol. The summed E-state index contributed by atoms with van der Waals surface area (Å²) < 4.78 is 11.1. The van der Waals surface area contributed by atoms with Crippen LogP contribution in [-0.4, -0.2) is 73.6 Å². The molecule has 0 bridgehead atoms. The number of carbonyl (C=O) groups excluding carboxylic acids is 3. The Kier molecular flexibility index (Phi) is 7.81. The number of anilines is 1. The molecule has 3 aromatic rings. The molecule has 3 aliphatic rings. The molecule has 0 N–H and O–H groups in total. The average molecular weight is 588 g/mol. The smallest absolute Gasteiger partial charge is 0.399 e. The predicted octanol–water partition coefficient (Wildman–Crippen LogP) is 5.54. The van der Waals surface area contributed by atoms with Crippen molar-refractivity contribution in [3.8, 4) is 5.06 Å². The van der Waals surface area contributed by atoms with E-state index >= 15 is 0 Å². The van der Waals surface area contributed by atoms with Gasteiger partial charge >= 0.3 is 6.09 Å². The number of amides is 3. The van der Waals surface area contributed by atoms with E-state index in [2.05, 4.69) is 20.8 Å². The van der Waals surface area contributed by atoms with Crippen molar-refractivity contribution in [3.63, 3.8) is 0 Å². The highest BCUT2D eigenvalue weighted by atomic mass is 32.1. The zero-order valence-electron chi connectivity index (χ0n) is 24.3. The minimum atomic E-state index is -0.443. The van der Waals surface area contributed by atoms with E-state index in [1.165, 1.54) is 16.9 Å². The van der Waals surface area contributed by atoms with Crippen LogP contribution in [0.5, 0.6) is 5.06 Å². The van der Waals surface area contributed by atoms with Crippen molar-refractivity contribution >= 4 is 34.9 Å². The molecule has 2 atom stereocenters. The Balaban J connectivity index is 1.12. The summed E-state index contributed by atoms with van der Waals surface area (Å²) in [6.45, 7) is 10.6. The van der Waals surface area contributed by atoms with Crippen molar-refractivity contribution in [2.75, 3.05) is 50.8 Å². The fourth-order valence-corrected chi connectivity index (χ4v) is 6.64. The number of likely N-dealkylation sites (tertiary alicyclic amines) is 1. The molecule has 2 aliphatic heterocycles. The summed E-state index contributed by atoms with van der Waals surface area (Å²) >= 11 is 1.37. The number of nitrogens with zero attached hydrogens (tertiary/aromatic N) is 3. The minimum Gasteiger partial charge on any atom is -0.399 e. The van der Waals surface area contributed by atoms with Gasteiger partial charge in [-0.1, -0.05) is 32.9 Å². The molecule has 3 heterocycles. The van der Waals surface area contributed by atoms with Crippen LogP contribution in [0, 0.1) is 17.8 Å². The number of thiophene rings is 1. The molecule has 1 saturated carbocycles. The van der Waals surface area contributed by atoms with Crippen LogP contribution in [0.25, 0.3) is 0 Å². The van der Waals surface area contributed by atoms with Gasteiger partial charge in [-0.25, -0.2) is 4.79 Å². The SMILES string of the molecule is CC(C)(C)c1ccc(C(=O)N2CC3C(C2)C3CN(C(=O)Oc2cccs2)c2ccc(C(=O)N3CCOCC3)cc2)cc1.